The van der Waals surface area contributed by atoms with E-state index in [9.17, 15) is 0 Å². The van der Waals surface area contributed by atoms with Crippen molar-refractivity contribution in [1.82, 2.24) is 4.90 Å². The molecule has 0 saturated heterocycles. The lowest BCUT2D eigenvalue weighted by molar-refractivity contribution is 0.208. The summed E-state index contributed by atoms with van der Waals surface area (Å²) in [4.78, 5) is 2.28. The Hall–Kier alpha value is -1.02. The maximum Gasteiger partial charge on any atom is 0.119 e. The van der Waals surface area contributed by atoms with Gasteiger partial charge in [-0.25, -0.2) is 0 Å². The van der Waals surface area contributed by atoms with Gasteiger partial charge in [-0.05, 0) is 44.0 Å². The van der Waals surface area contributed by atoms with Gasteiger partial charge in [0.05, 0.1) is 0 Å². The van der Waals surface area contributed by atoms with Crippen molar-refractivity contribution in [2.24, 2.45) is 0 Å². The van der Waals surface area contributed by atoms with E-state index in [0.29, 0.717) is 6.04 Å². The lowest BCUT2D eigenvalue weighted by atomic mass is 9.87. The van der Waals surface area contributed by atoms with E-state index < -0.39 is 0 Å². The smallest absolute Gasteiger partial charge is 0.119 e. The molecule has 0 unspecified atom stereocenters. The van der Waals surface area contributed by atoms with Gasteiger partial charge in [0.15, 0.2) is 0 Å². The predicted octanol–water partition coefficient (Wildman–Crippen LogP) is 3.70. The number of likely N-dealkylation sites (N-methyl/N-ethyl adjacent to an activating group) is 1. The van der Waals surface area contributed by atoms with Crippen molar-refractivity contribution in [3.05, 3.63) is 29.8 Å². The quantitative estimate of drug-likeness (QED) is 0.789. The maximum absolute atomic E-state index is 5.75. The fourth-order valence-electron chi connectivity index (χ4n) is 1.62. The van der Waals surface area contributed by atoms with E-state index in [1.54, 1.807) is 0 Å². The Balaban J connectivity index is 2.45. The monoisotopic (exact) mass is 249 g/mol. The molecule has 0 aliphatic carbocycles. The second kappa shape index (κ2) is 6.24. The summed E-state index contributed by atoms with van der Waals surface area (Å²) in [6.45, 7) is 12.7. The van der Waals surface area contributed by atoms with Crippen LogP contribution in [-0.4, -0.2) is 31.1 Å². The summed E-state index contributed by atoms with van der Waals surface area (Å²) in [5.41, 5.74) is 1.55. The van der Waals surface area contributed by atoms with Gasteiger partial charge in [0.1, 0.15) is 12.4 Å². The number of nitrogens with zero attached hydrogens (tertiary/aromatic N) is 1. The zero-order valence-electron chi connectivity index (χ0n) is 12.7. The zero-order valence-corrected chi connectivity index (χ0v) is 12.7. The van der Waals surface area contributed by atoms with E-state index in [4.69, 9.17) is 4.74 Å². The van der Waals surface area contributed by atoms with Crippen molar-refractivity contribution in [1.29, 1.82) is 0 Å². The summed E-state index contributed by atoms with van der Waals surface area (Å²) in [6, 6.07) is 9.01. The molecule has 0 spiro atoms. The Kier molecular flexibility index (Phi) is 5.21. The number of hydrogen-bond donors (Lipinski definition) is 0. The van der Waals surface area contributed by atoms with Crippen LogP contribution in [0.15, 0.2) is 24.3 Å². The van der Waals surface area contributed by atoms with Crippen LogP contribution >= 0.6 is 0 Å². The van der Waals surface area contributed by atoms with Gasteiger partial charge in [-0.2, -0.15) is 0 Å². The third-order valence-electron chi connectivity index (χ3n) is 3.31. The van der Waals surface area contributed by atoms with Crippen LogP contribution in [0.5, 0.6) is 5.75 Å². The van der Waals surface area contributed by atoms with Crippen LogP contribution in [0.4, 0.5) is 0 Å². The van der Waals surface area contributed by atoms with E-state index in [1.165, 1.54) is 5.56 Å². The standard InChI is InChI=1S/C16H27NO/c1-13(2)17(6)11-12-18-15-9-7-14(8-10-15)16(3,4)5/h7-10,13H,11-12H2,1-6H3. The lowest BCUT2D eigenvalue weighted by Gasteiger charge is -2.21. The van der Waals surface area contributed by atoms with Crippen LogP contribution in [0.3, 0.4) is 0 Å². The van der Waals surface area contributed by atoms with Crippen LogP contribution in [0.2, 0.25) is 0 Å². The van der Waals surface area contributed by atoms with Gasteiger partial charge in [0, 0.05) is 12.6 Å². The second-order valence-corrected chi connectivity index (χ2v) is 6.20. The first-order valence-electron chi connectivity index (χ1n) is 6.74. The highest BCUT2D eigenvalue weighted by atomic mass is 16.5. The normalized spacial score (nSPS) is 12.2. The third kappa shape index (κ3) is 4.69. The number of rotatable bonds is 5. The zero-order chi connectivity index (χ0) is 13.8. The molecule has 2 nitrogen and oxygen atoms in total. The fourth-order valence-corrected chi connectivity index (χ4v) is 1.62. The van der Waals surface area contributed by atoms with Gasteiger partial charge < -0.3 is 9.64 Å². The van der Waals surface area contributed by atoms with Gasteiger partial charge in [0.25, 0.3) is 0 Å². The third-order valence-corrected chi connectivity index (χ3v) is 3.31. The summed E-state index contributed by atoms with van der Waals surface area (Å²) in [5.74, 6) is 0.958. The van der Waals surface area contributed by atoms with E-state index in [1.807, 2.05) is 0 Å². The molecule has 0 fully saturated rings. The van der Waals surface area contributed by atoms with Crippen LogP contribution in [0.1, 0.15) is 40.2 Å². The van der Waals surface area contributed by atoms with Gasteiger partial charge >= 0.3 is 0 Å². The second-order valence-electron chi connectivity index (χ2n) is 6.20. The number of ether oxygens (including phenoxy) is 1. The largest absolute Gasteiger partial charge is 0.492 e. The molecule has 1 rings (SSSR count). The summed E-state index contributed by atoms with van der Waals surface area (Å²) in [5, 5.41) is 0. The molecule has 0 N–H and O–H groups in total. The first-order chi connectivity index (χ1) is 8.30. The van der Waals surface area contributed by atoms with Crippen LogP contribution < -0.4 is 4.74 Å². The highest BCUT2D eigenvalue weighted by Gasteiger charge is 2.12. The molecule has 0 amide bonds. The molecule has 0 saturated carbocycles. The van der Waals surface area contributed by atoms with E-state index >= 15 is 0 Å². The Morgan fingerprint density at radius 3 is 2.11 bits per heavy atom. The average Bonchev–Trinajstić information content (AvgIpc) is 2.28. The van der Waals surface area contributed by atoms with Crippen molar-refractivity contribution in [2.75, 3.05) is 20.2 Å². The molecular weight excluding hydrogens is 222 g/mol. The molecule has 18 heavy (non-hydrogen) atoms. The summed E-state index contributed by atoms with van der Waals surface area (Å²) in [7, 11) is 2.12. The van der Waals surface area contributed by atoms with Crippen molar-refractivity contribution in [3.8, 4) is 5.75 Å². The van der Waals surface area contributed by atoms with Crippen LogP contribution in [0.25, 0.3) is 0 Å². The molecule has 0 aliphatic rings. The topological polar surface area (TPSA) is 12.5 Å². The molecule has 0 aliphatic heterocycles. The molecule has 1 aromatic rings. The van der Waals surface area contributed by atoms with E-state index in [0.717, 1.165) is 18.9 Å². The Bertz CT molecular complexity index is 348. The fraction of sp³-hybridized carbons (Fsp3) is 0.625. The SMILES string of the molecule is CC(C)N(C)CCOc1ccc(C(C)(C)C)cc1. The first-order valence-corrected chi connectivity index (χ1v) is 6.74. The molecular formula is C16H27NO. The van der Waals surface area contributed by atoms with Crippen LogP contribution in [-0.2, 0) is 5.41 Å². The molecule has 1 aromatic carbocycles. The molecule has 0 radical (unpaired) electrons. The number of hydrogen-bond acceptors (Lipinski definition) is 2. The average molecular weight is 249 g/mol. The Morgan fingerprint density at radius 1 is 1.11 bits per heavy atom. The van der Waals surface area contributed by atoms with Crippen molar-refractivity contribution < 1.29 is 4.74 Å². The van der Waals surface area contributed by atoms with Crippen LogP contribution in [0, 0.1) is 0 Å². The maximum atomic E-state index is 5.75. The summed E-state index contributed by atoms with van der Waals surface area (Å²) >= 11 is 0. The molecule has 102 valence electrons. The molecule has 2 heteroatoms. The van der Waals surface area contributed by atoms with E-state index in [-0.39, 0.29) is 5.41 Å². The van der Waals surface area contributed by atoms with Gasteiger partial charge in [-0.1, -0.05) is 32.9 Å². The minimum absolute atomic E-state index is 0.205. The predicted molar refractivity (Wildman–Crippen MR) is 78.4 cm³/mol. The Morgan fingerprint density at radius 2 is 1.67 bits per heavy atom. The molecule has 0 heterocycles. The molecule has 0 bridgehead atoms. The van der Waals surface area contributed by atoms with Gasteiger partial charge in [-0.3, -0.25) is 0 Å². The highest BCUT2D eigenvalue weighted by Crippen LogP contribution is 2.24. The van der Waals surface area contributed by atoms with E-state index in [2.05, 4.69) is 70.8 Å². The minimum atomic E-state index is 0.205. The van der Waals surface area contributed by atoms with Gasteiger partial charge in [-0.15, -0.1) is 0 Å². The summed E-state index contributed by atoms with van der Waals surface area (Å²) in [6.07, 6.45) is 0. The van der Waals surface area contributed by atoms with Crippen molar-refractivity contribution in [2.45, 2.75) is 46.1 Å². The summed E-state index contributed by atoms with van der Waals surface area (Å²) < 4.78 is 5.75. The lowest BCUT2D eigenvalue weighted by Crippen LogP contribution is -2.30. The van der Waals surface area contributed by atoms with Crippen molar-refractivity contribution >= 4 is 0 Å². The first kappa shape index (κ1) is 15.0. The Labute approximate surface area is 112 Å². The highest BCUT2D eigenvalue weighted by molar-refractivity contribution is 5.31. The molecule has 0 atom stereocenters. The number of benzene rings is 1. The molecule has 0 aromatic heterocycles. The van der Waals surface area contributed by atoms with Crippen molar-refractivity contribution in [3.63, 3.8) is 0 Å². The minimum Gasteiger partial charge on any atom is -0.492 e. The van der Waals surface area contributed by atoms with Gasteiger partial charge in [0.2, 0.25) is 0 Å².